The zero-order valence-electron chi connectivity index (χ0n) is 40.8. The number of fused-ring (bicyclic) bond motifs is 2. The zero-order valence-corrected chi connectivity index (χ0v) is 41.5. The van der Waals surface area contributed by atoms with E-state index in [9.17, 15) is 15.0 Å². The van der Waals surface area contributed by atoms with Crippen molar-refractivity contribution >= 4 is 39.6 Å². The number of benzene rings is 6. The van der Waals surface area contributed by atoms with Crippen LogP contribution >= 0.6 is 11.6 Å². The van der Waals surface area contributed by atoms with Crippen LogP contribution in [0.3, 0.4) is 0 Å². The fourth-order valence-corrected chi connectivity index (χ4v) is 8.70. The normalized spacial score (nSPS) is 12.0. The second-order valence-corrected chi connectivity index (χ2v) is 20.2. The first-order valence-corrected chi connectivity index (χ1v) is 24.2. The summed E-state index contributed by atoms with van der Waals surface area (Å²) in [6.07, 6.45) is 7.74. The third-order valence-electron chi connectivity index (χ3n) is 12.9. The van der Waals surface area contributed by atoms with Gasteiger partial charge in [0, 0.05) is 33.4 Å². The quantitative estimate of drug-likeness (QED) is 0.0724. The number of phenolic OH excluding ortho intramolecular Hbond substituents is 2. The van der Waals surface area contributed by atoms with Crippen LogP contribution in [0.5, 0.6) is 11.5 Å². The largest absolute Gasteiger partial charge is 0.505 e. The van der Waals surface area contributed by atoms with Gasteiger partial charge in [0.15, 0.2) is 0 Å². The predicted octanol–water partition coefficient (Wildman–Crippen LogP) is 13.7. The van der Waals surface area contributed by atoms with Crippen LogP contribution in [-0.4, -0.2) is 52.8 Å². The molecule has 0 aliphatic carbocycles. The third kappa shape index (κ3) is 11.4. The summed E-state index contributed by atoms with van der Waals surface area (Å²) in [4.78, 5) is 15.3. The molecule has 0 saturated carbocycles. The molecule has 0 spiro atoms. The van der Waals surface area contributed by atoms with E-state index in [0.29, 0.717) is 40.5 Å². The molecule has 0 aliphatic heterocycles. The van der Waals surface area contributed by atoms with Gasteiger partial charge >= 0.3 is 5.97 Å². The molecule has 68 heavy (non-hydrogen) atoms. The van der Waals surface area contributed by atoms with Gasteiger partial charge in [-0.05, 0) is 83.0 Å². The molecular weight excluding hydrogens is 868 g/mol. The Morgan fingerprint density at radius 2 is 1.07 bits per heavy atom. The summed E-state index contributed by atoms with van der Waals surface area (Å²) in [7, 11) is 0. The van der Waals surface area contributed by atoms with Gasteiger partial charge in [0.25, 0.3) is 0 Å². The molecule has 2 aromatic heterocycles. The number of carbonyl (C=O) groups excluding carboxylic acids is 1. The average Bonchev–Trinajstić information content (AvgIpc) is 3.96. The highest BCUT2D eigenvalue weighted by atomic mass is 35.5. The first kappa shape index (κ1) is 49.4. The van der Waals surface area contributed by atoms with Crippen LogP contribution < -0.4 is 0 Å². The summed E-state index contributed by atoms with van der Waals surface area (Å²) in [5.41, 5.74) is 8.91. The van der Waals surface area contributed by atoms with Crippen molar-refractivity contribution in [2.75, 3.05) is 6.61 Å². The van der Waals surface area contributed by atoms with Crippen molar-refractivity contribution in [1.82, 2.24) is 30.0 Å². The molecule has 6 aromatic carbocycles. The van der Waals surface area contributed by atoms with Gasteiger partial charge in [-0.1, -0.05) is 184 Å². The van der Waals surface area contributed by atoms with Gasteiger partial charge < -0.3 is 14.9 Å². The number of hydrogen-bond donors (Lipinski definition) is 2. The molecule has 10 nitrogen and oxygen atoms in total. The fraction of sp³-hybridized carbons (Fsp3) is 0.351. The Kier molecular flexibility index (Phi) is 15.4. The number of carbonyl (C=O) groups is 1. The topological polar surface area (TPSA) is 128 Å². The standard InChI is InChI=1S/C30H29N3O.C27H36ClN3O3/c1-29(2,21-13-7-5-8-14-21)23-19-24(30(3,4)22-15-9-6-10-16-22)28(34)27(20-23)33-31-25-17-11-12-18-26(25)32-33;1-5-6-7-8-9-10-15-34-25(32)14-11-19-16-21(27(2,3)4)26(33)24(17-19)31-29-22-13-12-20(28)18-23(22)30-31/h5-20,34H,1-4H3;12-13,16-18,33H,5-11,14-15H2,1-4H3. The number of unbranched alkanes of at least 4 members (excludes halogenated alkanes) is 5. The second kappa shape index (κ2) is 21.2. The van der Waals surface area contributed by atoms with Gasteiger partial charge in [0.2, 0.25) is 0 Å². The van der Waals surface area contributed by atoms with E-state index in [1.54, 1.807) is 23.0 Å². The third-order valence-corrected chi connectivity index (χ3v) is 13.1. The lowest BCUT2D eigenvalue weighted by Gasteiger charge is -2.32. The number of aryl methyl sites for hydroxylation is 1. The first-order chi connectivity index (χ1) is 32.5. The molecule has 8 aromatic rings. The fourth-order valence-electron chi connectivity index (χ4n) is 8.54. The van der Waals surface area contributed by atoms with Crippen LogP contribution in [0.1, 0.15) is 134 Å². The van der Waals surface area contributed by atoms with Gasteiger partial charge in [0.05, 0.1) is 6.61 Å². The highest BCUT2D eigenvalue weighted by Crippen LogP contribution is 2.44. The molecule has 0 radical (unpaired) electrons. The minimum absolute atomic E-state index is 0.133. The van der Waals surface area contributed by atoms with Crippen molar-refractivity contribution in [3.05, 3.63) is 166 Å². The van der Waals surface area contributed by atoms with Crippen molar-refractivity contribution in [2.45, 2.75) is 123 Å². The molecule has 0 aliphatic rings. The van der Waals surface area contributed by atoms with E-state index < -0.39 is 5.41 Å². The van der Waals surface area contributed by atoms with Crippen LogP contribution in [0.4, 0.5) is 0 Å². The maximum atomic E-state index is 12.3. The van der Waals surface area contributed by atoms with E-state index in [1.807, 2.05) is 87.5 Å². The Morgan fingerprint density at radius 1 is 0.559 bits per heavy atom. The molecule has 11 heteroatoms. The van der Waals surface area contributed by atoms with E-state index in [1.165, 1.54) is 36.0 Å². The van der Waals surface area contributed by atoms with E-state index in [-0.39, 0.29) is 34.7 Å². The number of rotatable bonds is 16. The summed E-state index contributed by atoms with van der Waals surface area (Å²) >= 11 is 6.09. The van der Waals surface area contributed by atoms with Gasteiger partial charge in [-0.25, -0.2) is 0 Å². The average molecular weight is 934 g/mol. The van der Waals surface area contributed by atoms with Crippen LogP contribution in [-0.2, 0) is 32.2 Å². The molecule has 0 unspecified atom stereocenters. The van der Waals surface area contributed by atoms with Gasteiger partial charge in [0.1, 0.15) is 44.9 Å². The molecule has 0 bridgehead atoms. The minimum Gasteiger partial charge on any atom is -0.505 e. The molecule has 0 atom stereocenters. The Labute approximate surface area is 406 Å². The number of esters is 1. The summed E-state index contributed by atoms with van der Waals surface area (Å²) in [5.74, 6) is 0.133. The lowest BCUT2D eigenvalue weighted by Crippen LogP contribution is -2.24. The van der Waals surface area contributed by atoms with Crippen molar-refractivity contribution in [2.24, 2.45) is 0 Å². The minimum atomic E-state index is -0.435. The van der Waals surface area contributed by atoms with Crippen LogP contribution in [0.25, 0.3) is 33.4 Å². The lowest BCUT2D eigenvalue weighted by molar-refractivity contribution is -0.143. The molecule has 354 valence electrons. The smallest absolute Gasteiger partial charge is 0.306 e. The van der Waals surface area contributed by atoms with Gasteiger partial charge in [-0.2, -0.15) is 0 Å². The highest BCUT2D eigenvalue weighted by molar-refractivity contribution is 6.31. The number of phenols is 2. The van der Waals surface area contributed by atoms with Crippen LogP contribution in [0.15, 0.2) is 127 Å². The maximum absolute atomic E-state index is 12.3. The number of halogens is 1. The van der Waals surface area contributed by atoms with Crippen molar-refractivity contribution in [3.63, 3.8) is 0 Å². The number of nitrogens with zero attached hydrogens (tertiary/aromatic N) is 6. The van der Waals surface area contributed by atoms with Gasteiger partial charge in [-0.15, -0.1) is 30.0 Å². The van der Waals surface area contributed by atoms with Crippen molar-refractivity contribution in [1.29, 1.82) is 0 Å². The summed E-state index contributed by atoms with van der Waals surface area (Å²) in [5, 5.41) is 41.7. The summed E-state index contributed by atoms with van der Waals surface area (Å²) in [6.45, 7) is 17.5. The molecule has 2 heterocycles. The summed E-state index contributed by atoms with van der Waals surface area (Å²) in [6, 6.07) is 41.8. The Morgan fingerprint density at radius 3 is 1.68 bits per heavy atom. The van der Waals surface area contributed by atoms with E-state index in [4.69, 9.17) is 16.3 Å². The Hall–Kier alpha value is -6.52. The van der Waals surface area contributed by atoms with E-state index in [2.05, 4.69) is 97.5 Å². The zero-order chi connectivity index (χ0) is 48.6. The van der Waals surface area contributed by atoms with Crippen LogP contribution in [0, 0.1) is 0 Å². The predicted molar refractivity (Wildman–Crippen MR) is 275 cm³/mol. The number of hydrogen-bond acceptors (Lipinski definition) is 8. The van der Waals surface area contributed by atoms with Crippen molar-refractivity contribution < 1.29 is 19.7 Å². The number of ether oxygens (including phenoxy) is 1. The summed E-state index contributed by atoms with van der Waals surface area (Å²) < 4.78 is 5.43. The van der Waals surface area contributed by atoms with E-state index in [0.717, 1.165) is 51.7 Å². The van der Waals surface area contributed by atoms with Crippen molar-refractivity contribution in [3.8, 4) is 22.9 Å². The molecule has 0 saturated heterocycles. The Balaban J connectivity index is 0.000000201. The Bertz CT molecular complexity index is 2940. The SMILES string of the molecule is CC(C)(c1ccccc1)c1cc(-n2nc3ccccc3n2)c(O)c(C(C)(C)c2ccccc2)c1.CCCCCCCCOC(=O)CCc1cc(-n2nc3ccc(Cl)cc3n2)c(O)c(C(C)(C)C)c1. The second-order valence-electron chi connectivity index (χ2n) is 19.7. The first-order valence-electron chi connectivity index (χ1n) is 23.8. The molecule has 0 fully saturated rings. The van der Waals surface area contributed by atoms with E-state index >= 15 is 0 Å². The monoisotopic (exact) mass is 932 g/mol. The number of aromatic nitrogens is 6. The van der Waals surface area contributed by atoms with Crippen LogP contribution in [0.2, 0.25) is 5.02 Å². The number of aromatic hydroxyl groups is 2. The lowest BCUT2D eigenvalue weighted by atomic mass is 9.72. The molecule has 8 rings (SSSR count). The van der Waals surface area contributed by atoms with Gasteiger partial charge in [-0.3, -0.25) is 4.79 Å². The molecule has 0 amide bonds. The highest BCUT2D eigenvalue weighted by Gasteiger charge is 2.33. The molecule has 2 N–H and O–H groups in total. The molecular formula is C57H65ClN6O4. The maximum Gasteiger partial charge on any atom is 0.306 e.